The van der Waals surface area contributed by atoms with Crippen molar-refractivity contribution >= 4 is 29.4 Å². The Balaban J connectivity index is 1.38. The van der Waals surface area contributed by atoms with E-state index in [1.807, 2.05) is 12.3 Å². The molecule has 2 aromatic heterocycles. The predicted octanol–water partition coefficient (Wildman–Crippen LogP) is 1.85. The maximum Gasteiger partial charge on any atom is 0.322 e. The van der Waals surface area contributed by atoms with Crippen molar-refractivity contribution in [1.29, 1.82) is 0 Å². The van der Waals surface area contributed by atoms with E-state index >= 15 is 0 Å². The van der Waals surface area contributed by atoms with E-state index in [0.29, 0.717) is 37.4 Å². The summed E-state index contributed by atoms with van der Waals surface area (Å²) < 4.78 is 15.3. The van der Waals surface area contributed by atoms with Crippen molar-refractivity contribution in [1.82, 2.24) is 19.5 Å². The Bertz CT molecular complexity index is 1020. The summed E-state index contributed by atoms with van der Waals surface area (Å²) >= 11 is 0. The van der Waals surface area contributed by atoms with Gasteiger partial charge in [-0.2, -0.15) is 5.10 Å². The van der Waals surface area contributed by atoms with E-state index in [2.05, 4.69) is 20.3 Å². The summed E-state index contributed by atoms with van der Waals surface area (Å²) in [4.78, 5) is 25.2. The number of aliphatic hydroxyl groups is 1. The lowest BCUT2D eigenvalue weighted by Crippen LogP contribution is -2.37. The number of fused-ring (bicyclic) bond motifs is 1. The van der Waals surface area contributed by atoms with E-state index in [1.54, 1.807) is 21.7 Å². The standard InChI is InChI=1S/C20H24FN7O2/c21-14-8-13(9-22-10-14)17-2-1-5-27(17)18-4-7-28-19(25-18)16(11-23-28)24-20(30)26-6-3-15(29)12-26/h4,7-8,10-11,13,15,17,29H,1-3,5-6,9,12H2,(H,24,30)/t13?,15-,17-/m1/s1. The highest BCUT2D eigenvalue weighted by Crippen LogP contribution is 2.32. The minimum absolute atomic E-state index is 0.0150. The van der Waals surface area contributed by atoms with E-state index in [4.69, 9.17) is 4.98 Å². The van der Waals surface area contributed by atoms with Gasteiger partial charge < -0.3 is 20.2 Å². The van der Waals surface area contributed by atoms with Crippen LogP contribution in [-0.4, -0.2) is 75.2 Å². The van der Waals surface area contributed by atoms with Crippen molar-refractivity contribution in [2.24, 2.45) is 10.9 Å². The highest BCUT2D eigenvalue weighted by Gasteiger charge is 2.33. The van der Waals surface area contributed by atoms with E-state index in [-0.39, 0.29) is 23.8 Å². The first-order chi connectivity index (χ1) is 14.6. The number of carbonyl (C=O) groups excluding carboxylic acids is 1. The van der Waals surface area contributed by atoms with E-state index in [1.165, 1.54) is 6.21 Å². The number of aromatic nitrogens is 3. The molecule has 9 nitrogen and oxygen atoms in total. The Morgan fingerprint density at radius 2 is 2.20 bits per heavy atom. The molecule has 0 aliphatic carbocycles. The van der Waals surface area contributed by atoms with Crippen LogP contribution in [-0.2, 0) is 0 Å². The molecule has 0 radical (unpaired) electrons. The number of likely N-dealkylation sites (tertiary alicyclic amines) is 1. The quantitative estimate of drug-likeness (QED) is 0.800. The molecular weight excluding hydrogens is 389 g/mol. The van der Waals surface area contributed by atoms with Crippen LogP contribution in [0.3, 0.4) is 0 Å². The zero-order valence-corrected chi connectivity index (χ0v) is 16.5. The van der Waals surface area contributed by atoms with Crippen LogP contribution in [0, 0.1) is 5.92 Å². The average Bonchev–Trinajstić information content (AvgIpc) is 3.47. The van der Waals surface area contributed by atoms with Crippen LogP contribution in [0.2, 0.25) is 0 Å². The summed E-state index contributed by atoms with van der Waals surface area (Å²) in [6.45, 7) is 2.26. The van der Waals surface area contributed by atoms with Crippen LogP contribution in [0.4, 0.5) is 20.7 Å². The molecule has 5 rings (SSSR count). The van der Waals surface area contributed by atoms with E-state index < -0.39 is 6.10 Å². The SMILES string of the molecule is O=C(Nc1cnn2ccc(N3CCC[C@@H]3C3C=C(F)C=NC3)nc12)N1CC[C@@H](O)C1. The van der Waals surface area contributed by atoms with Crippen molar-refractivity contribution < 1.29 is 14.3 Å². The highest BCUT2D eigenvalue weighted by atomic mass is 19.1. The van der Waals surface area contributed by atoms with Crippen molar-refractivity contribution in [3.8, 4) is 0 Å². The zero-order valence-electron chi connectivity index (χ0n) is 16.5. The summed E-state index contributed by atoms with van der Waals surface area (Å²) in [5.41, 5.74) is 1.07. The molecule has 0 bridgehead atoms. The minimum Gasteiger partial charge on any atom is -0.391 e. The monoisotopic (exact) mass is 413 g/mol. The van der Waals surface area contributed by atoms with Gasteiger partial charge in [-0.3, -0.25) is 4.99 Å². The lowest BCUT2D eigenvalue weighted by molar-refractivity contribution is 0.176. The fourth-order valence-electron chi connectivity index (χ4n) is 4.54. The second-order valence-electron chi connectivity index (χ2n) is 8.04. The number of nitrogens with zero attached hydrogens (tertiary/aromatic N) is 6. The normalized spacial score (nSPS) is 26.5. The molecule has 1 unspecified atom stereocenters. The molecular formula is C20H24FN7O2. The fraction of sp³-hybridized carbons (Fsp3) is 0.500. The number of aliphatic imine (C=N–C) groups is 1. The summed E-state index contributed by atoms with van der Waals surface area (Å²) in [6.07, 6.45) is 8.40. The molecule has 30 heavy (non-hydrogen) atoms. The average molecular weight is 413 g/mol. The van der Waals surface area contributed by atoms with Crippen LogP contribution in [0.25, 0.3) is 5.65 Å². The molecule has 2 fully saturated rings. The van der Waals surface area contributed by atoms with Gasteiger partial charge in [0.1, 0.15) is 17.3 Å². The number of allylic oxidation sites excluding steroid dienone is 1. The molecule has 0 aromatic carbocycles. The highest BCUT2D eigenvalue weighted by molar-refractivity contribution is 5.93. The third kappa shape index (κ3) is 3.51. The van der Waals surface area contributed by atoms with Gasteiger partial charge in [0.25, 0.3) is 0 Å². The molecule has 158 valence electrons. The molecule has 2 aromatic rings. The van der Waals surface area contributed by atoms with Gasteiger partial charge in [0.15, 0.2) is 5.65 Å². The number of anilines is 2. The Hall–Kier alpha value is -3.01. The van der Waals surface area contributed by atoms with Gasteiger partial charge in [-0.15, -0.1) is 0 Å². The first kappa shape index (κ1) is 19.0. The largest absolute Gasteiger partial charge is 0.391 e. The van der Waals surface area contributed by atoms with Crippen molar-refractivity contribution in [2.75, 3.05) is 36.4 Å². The molecule has 2 N–H and O–H groups in total. The first-order valence-corrected chi connectivity index (χ1v) is 10.3. The smallest absolute Gasteiger partial charge is 0.322 e. The van der Waals surface area contributed by atoms with Crippen molar-refractivity contribution in [3.63, 3.8) is 0 Å². The molecule has 3 aliphatic heterocycles. The molecule has 5 heterocycles. The number of nitrogens with one attached hydrogen (secondary N) is 1. The lowest BCUT2D eigenvalue weighted by Gasteiger charge is -2.31. The number of aliphatic hydroxyl groups excluding tert-OH is 1. The van der Waals surface area contributed by atoms with Gasteiger partial charge in [-0.05, 0) is 31.4 Å². The molecule has 0 spiro atoms. The van der Waals surface area contributed by atoms with Crippen molar-refractivity contribution in [2.45, 2.75) is 31.4 Å². The van der Waals surface area contributed by atoms with E-state index in [9.17, 15) is 14.3 Å². The van der Waals surface area contributed by atoms with Crippen LogP contribution in [0.5, 0.6) is 0 Å². The van der Waals surface area contributed by atoms with Gasteiger partial charge in [-0.1, -0.05) is 0 Å². The number of hydrogen-bond donors (Lipinski definition) is 2. The van der Waals surface area contributed by atoms with Gasteiger partial charge >= 0.3 is 6.03 Å². The molecule has 10 heteroatoms. The van der Waals surface area contributed by atoms with Gasteiger partial charge in [0.05, 0.1) is 18.5 Å². The number of β-amino-alcohol motifs (C(OH)–C–C–N with tert-alkyl or cyclic N) is 1. The fourth-order valence-corrected chi connectivity index (χ4v) is 4.54. The third-order valence-corrected chi connectivity index (χ3v) is 6.04. The third-order valence-electron chi connectivity index (χ3n) is 6.04. The second kappa shape index (κ2) is 7.67. The Kier molecular flexibility index (Phi) is 4.86. The lowest BCUT2D eigenvalue weighted by atomic mass is 9.95. The van der Waals surface area contributed by atoms with Gasteiger partial charge in [-0.25, -0.2) is 18.7 Å². The van der Waals surface area contributed by atoms with Crippen molar-refractivity contribution in [3.05, 3.63) is 30.4 Å². The summed E-state index contributed by atoms with van der Waals surface area (Å²) in [7, 11) is 0. The summed E-state index contributed by atoms with van der Waals surface area (Å²) in [6, 6.07) is 1.76. The van der Waals surface area contributed by atoms with Gasteiger partial charge in [0.2, 0.25) is 0 Å². The summed E-state index contributed by atoms with van der Waals surface area (Å²) in [5.74, 6) is 0.511. The second-order valence-corrected chi connectivity index (χ2v) is 8.04. The number of dihydropyridines is 1. The summed E-state index contributed by atoms with van der Waals surface area (Å²) in [5, 5.41) is 16.8. The number of amides is 2. The maximum absolute atomic E-state index is 13.7. The van der Waals surface area contributed by atoms with E-state index in [0.717, 1.165) is 25.2 Å². The molecule has 2 saturated heterocycles. The Morgan fingerprint density at radius 1 is 1.30 bits per heavy atom. The zero-order chi connectivity index (χ0) is 20.7. The maximum atomic E-state index is 13.7. The Morgan fingerprint density at radius 3 is 3.00 bits per heavy atom. The number of rotatable bonds is 3. The Labute approximate surface area is 172 Å². The molecule has 0 saturated carbocycles. The van der Waals surface area contributed by atoms with Crippen LogP contribution >= 0.6 is 0 Å². The minimum atomic E-state index is -0.473. The number of halogens is 1. The molecule has 2 amide bonds. The predicted molar refractivity (Wildman–Crippen MR) is 111 cm³/mol. The van der Waals surface area contributed by atoms with Crippen LogP contribution < -0.4 is 10.2 Å². The number of urea groups is 1. The molecule has 3 atom stereocenters. The number of hydrogen-bond acceptors (Lipinski definition) is 6. The van der Waals surface area contributed by atoms with Crippen LogP contribution in [0.15, 0.2) is 35.4 Å². The number of carbonyl (C=O) groups is 1. The van der Waals surface area contributed by atoms with Crippen LogP contribution in [0.1, 0.15) is 19.3 Å². The topological polar surface area (TPSA) is 98.4 Å². The first-order valence-electron chi connectivity index (χ1n) is 10.3. The van der Waals surface area contributed by atoms with Gasteiger partial charge in [0, 0.05) is 44.3 Å². The molecule has 3 aliphatic rings.